The Balaban J connectivity index is 2.37. The van der Waals surface area contributed by atoms with Crippen molar-refractivity contribution in [3.8, 4) is 0 Å². The average Bonchev–Trinajstić information content (AvgIpc) is 2.40. The first kappa shape index (κ1) is 16.7. The minimum Gasteiger partial charge on any atom is -0.316 e. The fraction of sp³-hybridized carbons (Fsp3) is 0.600. The molecule has 21 heavy (non-hydrogen) atoms. The van der Waals surface area contributed by atoms with Gasteiger partial charge in [0.05, 0.1) is 5.02 Å². The van der Waals surface area contributed by atoms with Gasteiger partial charge in [0.1, 0.15) is 4.90 Å². The molecule has 0 aromatic heterocycles. The van der Waals surface area contributed by atoms with Crippen LogP contribution >= 0.6 is 11.6 Å². The van der Waals surface area contributed by atoms with Gasteiger partial charge >= 0.3 is 0 Å². The topological polar surface area (TPSA) is 49.4 Å². The molecule has 6 heteroatoms. The zero-order valence-electron chi connectivity index (χ0n) is 12.8. The van der Waals surface area contributed by atoms with Crippen LogP contribution in [0.2, 0.25) is 5.02 Å². The third-order valence-electron chi connectivity index (χ3n) is 3.86. The number of rotatable bonds is 4. The fourth-order valence-electron chi connectivity index (χ4n) is 2.77. The van der Waals surface area contributed by atoms with Gasteiger partial charge in [-0.3, -0.25) is 0 Å². The van der Waals surface area contributed by atoms with E-state index in [0.717, 1.165) is 18.4 Å². The molecule has 1 N–H and O–H groups in total. The summed E-state index contributed by atoms with van der Waals surface area (Å²) in [5.74, 6) is 0. The van der Waals surface area contributed by atoms with Crippen LogP contribution in [0.3, 0.4) is 0 Å². The van der Waals surface area contributed by atoms with Gasteiger partial charge in [-0.2, -0.15) is 4.31 Å². The number of nitrogens with zero attached hydrogens (tertiary/aromatic N) is 1. The van der Waals surface area contributed by atoms with E-state index in [1.165, 1.54) is 0 Å². The van der Waals surface area contributed by atoms with Crippen molar-refractivity contribution < 1.29 is 8.42 Å². The second-order valence-electron chi connectivity index (χ2n) is 6.40. The molecule has 1 aromatic carbocycles. The van der Waals surface area contributed by atoms with Crippen molar-refractivity contribution in [2.75, 3.05) is 20.1 Å². The van der Waals surface area contributed by atoms with Crippen molar-refractivity contribution >= 4 is 21.6 Å². The predicted molar refractivity (Wildman–Crippen MR) is 86.0 cm³/mol. The van der Waals surface area contributed by atoms with Crippen LogP contribution in [0.25, 0.3) is 0 Å². The molecule has 0 radical (unpaired) electrons. The van der Waals surface area contributed by atoms with E-state index in [1.807, 2.05) is 13.1 Å². The molecule has 118 valence electrons. The predicted octanol–water partition coefficient (Wildman–Crippen LogP) is 2.87. The molecule has 0 amide bonds. The molecule has 1 heterocycles. The molecule has 4 nitrogen and oxygen atoms in total. The minimum absolute atomic E-state index is 0.0143. The zero-order valence-corrected chi connectivity index (χ0v) is 14.4. The molecule has 1 aliphatic rings. The maximum atomic E-state index is 12.9. The highest BCUT2D eigenvalue weighted by Gasteiger charge is 2.35. The Bertz CT molecular complexity index is 614. The lowest BCUT2D eigenvalue weighted by Gasteiger charge is -2.37. The van der Waals surface area contributed by atoms with Gasteiger partial charge in [0.15, 0.2) is 0 Å². The van der Waals surface area contributed by atoms with Crippen molar-refractivity contribution in [2.45, 2.75) is 38.1 Å². The summed E-state index contributed by atoms with van der Waals surface area (Å²) in [6.07, 6.45) is 1.94. The fourth-order valence-corrected chi connectivity index (χ4v) is 4.97. The zero-order chi connectivity index (χ0) is 15.7. The third-order valence-corrected chi connectivity index (χ3v) is 6.19. The van der Waals surface area contributed by atoms with E-state index in [4.69, 9.17) is 11.6 Å². The summed E-state index contributed by atoms with van der Waals surface area (Å²) < 4.78 is 27.3. The molecule has 0 spiro atoms. The Morgan fingerprint density at radius 2 is 2.10 bits per heavy atom. The normalized spacial score (nSPS) is 19.6. The highest BCUT2D eigenvalue weighted by atomic mass is 35.5. The summed E-state index contributed by atoms with van der Waals surface area (Å²) >= 11 is 6.14. The van der Waals surface area contributed by atoms with E-state index in [1.54, 1.807) is 16.4 Å². The standard InChI is InChI=1S/C15H23ClN2O2S/c1-15(2)7-4-8-18(11-15)21(19,20)14-9-12(10-17-3)5-6-13(14)16/h5-6,9,17H,4,7-8,10-11H2,1-3H3. The van der Waals surface area contributed by atoms with Gasteiger partial charge in [0, 0.05) is 19.6 Å². The number of piperidine rings is 1. The Kier molecular flexibility index (Phi) is 4.98. The van der Waals surface area contributed by atoms with Crippen LogP contribution in [0.1, 0.15) is 32.3 Å². The van der Waals surface area contributed by atoms with E-state index >= 15 is 0 Å². The molecule has 0 saturated carbocycles. The SMILES string of the molecule is CNCc1ccc(Cl)c(S(=O)(=O)N2CCCC(C)(C)C2)c1. The van der Waals surface area contributed by atoms with Crippen molar-refractivity contribution in [3.05, 3.63) is 28.8 Å². The van der Waals surface area contributed by atoms with E-state index in [-0.39, 0.29) is 10.3 Å². The van der Waals surface area contributed by atoms with E-state index in [2.05, 4.69) is 19.2 Å². The number of nitrogens with one attached hydrogen (secondary N) is 1. The summed E-state index contributed by atoms with van der Waals surface area (Å²) in [5.41, 5.74) is 0.928. The lowest BCUT2D eigenvalue weighted by molar-refractivity contribution is 0.187. The van der Waals surface area contributed by atoms with Gasteiger partial charge in [-0.1, -0.05) is 31.5 Å². The maximum absolute atomic E-state index is 12.9. The average molecular weight is 331 g/mol. The van der Waals surface area contributed by atoms with Crippen LogP contribution in [0.15, 0.2) is 23.1 Å². The van der Waals surface area contributed by atoms with Crippen molar-refractivity contribution in [1.29, 1.82) is 0 Å². The molecule has 1 saturated heterocycles. The maximum Gasteiger partial charge on any atom is 0.244 e. The quantitative estimate of drug-likeness (QED) is 0.923. The molecule has 0 aliphatic carbocycles. The highest BCUT2D eigenvalue weighted by Crippen LogP contribution is 2.33. The molecule has 1 aliphatic heterocycles. The minimum atomic E-state index is -3.53. The van der Waals surface area contributed by atoms with Gasteiger partial charge in [-0.25, -0.2) is 8.42 Å². The number of hydrogen-bond donors (Lipinski definition) is 1. The summed E-state index contributed by atoms with van der Waals surface area (Å²) in [5, 5.41) is 3.31. The van der Waals surface area contributed by atoms with Crippen LogP contribution in [0, 0.1) is 5.41 Å². The first-order chi connectivity index (χ1) is 9.76. The van der Waals surface area contributed by atoms with E-state index in [0.29, 0.717) is 24.7 Å². The Labute approximate surface area is 132 Å². The largest absolute Gasteiger partial charge is 0.316 e. The van der Waals surface area contributed by atoms with Crippen molar-refractivity contribution in [2.24, 2.45) is 5.41 Å². The summed E-state index contributed by atoms with van der Waals surface area (Å²) in [6.45, 7) is 5.94. The first-order valence-corrected chi connectivity index (χ1v) is 9.01. The van der Waals surface area contributed by atoms with Crippen LogP contribution in [-0.2, 0) is 16.6 Å². The van der Waals surface area contributed by atoms with Crippen molar-refractivity contribution in [1.82, 2.24) is 9.62 Å². The lowest BCUT2D eigenvalue weighted by Crippen LogP contribution is -2.43. The molecule has 0 atom stereocenters. The smallest absolute Gasteiger partial charge is 0.244 e. The highest BCUT2D eigenvalue weighted by molar-refractivity contribution is 7.89. The van der Waals surface area contributed by atoms with Crippen LogP contribution in [-0.4, -0.2) is 32.9 Å². The molecule has 1 aromatic rings. The molecule has 0 unspecified atom stereocenters. The monoisotopic (exact) mass is 330 g/mol. The number of benzene rings is 1. The number of halogens is 1. The summed E-state index contributed by atoms with van der Waals surface area (Å²) in [7, 11) is -1.70. The van der Waals surface area contributed by atoms with Gasteiger partial charge < -0.3 is 5.32 Å². The Morgan fingerprint density at radius 1 is 1.38 bits per heavy atom. The lowest BCUT2D eigenvalue weighted by atomic mass is 9.85. The molecule has 0 bridgehead atoms. The third kappa shape index (κ3) is 3.77. The van der Waals surface area contributed by atoms with Gasteiger partial charge in [-0.05, 0) is 43.0 Å². The van der Waals surface area contributed by atoms with Crippen LogP contribution in [0.4, 0.5) is 0 Å². The second-order valence-corrected chi connectivity index (χ2v) is 8.72. The first-order valence-electron chi connectivity index (χ1n) is 7.19. The van der Waals surface area contributed by atoms with Crippen LogP contribution < -0.4 is 5.32 Å². The van der Waals surface area contributed by atoms with Gasteiger partial charge in [0.2, 0.25) is 10.0 Å². The molecular weight excluding hydrogens is 308 g/mol. The Morgan fingerprint density at radius 3 is 2.71 bits per heavy atom. The number of sulfonamides is 1. The molecular formula is C15H23ClN2O2S. The second kappa shape index (κ2) is 6.24. The number of hydrogen-bond acceptors (Lipinski definition) is 3. The van der Waals surface area contributed by atoms with E-state index < -0.39 is 10.0 Å². The van der Waals surface area contributed by atoms with E-state index in [9.17, 15) is 8.42 Å². The van der Waals surface area contributed by atoms with Gasteiger partial charge in [0.25, 0.3) is 0 Å². The Hall–Kier alpha value is -0.620. The summed E-state index contributed by atoms with van der Waals surface area (Å²) in [4.78, 5) is 0.217. The molecule has 2 rings (SSSR count). The van der Waals surface area contributed by atoms with Crippen molar-refractivity contribution in [3.63, 3.8) is 0 Å². The van der Waals surface area contributed by atoms with Crippen LogP contribution in [0.5, 0.6) is 0 Å². The summed E-state index contributed by atoms with van der Waals surface area (Å²) in [6, 6.07) is 5.18. The molecule has 1 fully saturated rings. The van der Waals surface area contributed by atoms with Gasteiger partial charge in [-0.15, -0.1) is 0 Å².